The zero-order valence-electron chi connectivity index (χ0n) is 24.5. The molecule has 0 atom stereocenters. The van der Waals surface area contributed by atoms with Gasteiger partial charge in [-0.15, -0.1) is 0 Å². The zero-order chi connectivity index (χ0) is 29.3. The van der Waals surface area contributed by atoms with Crippen molar-refractivity contribution in [3.8, 4) is 0 Å². The molecular formula is C42H32P2. The van der Waals surface area contributed by atoms with E-state index in [9.17, 15) is 0 Å². The van der Waals surface area contributed by atoms with Crippen LogP contribution in [0.4, 0.5) is 0 Å². The summed E-state index contributed by atoms with van der Waals surface area (Å²) in [5.74, 6) is 0. The summed E-state index contributed by atoms with van der Waals surface area (Å²) in [6.45, 7) is 0. The fourth-order valence-electron chi connectivity index (χ4n) is 6.72. The molecule has 0 aliphatic carbocycles. The van der Waals surface area contributed by atoms with Crippen molar-refractivity contribution in [3.05, 3.63) is 170 Å². The molecule has 0 aliphatic heterocycles. The molecule has 0 saturated heterocycles. The molecule has 0 fully saturated rings. The molecule has 0 radical (unpaired) electrons. The standard InChI is InChI=1S/C42H32P2/c1-5-21-35-31(13-1)17-9-25-39(35)43(40-26-10-18-32-14-2-6-22-36(32)40)29-30-44(41-27-11-19-33-15-3-7-23-37(33)41)42-28-12-20-34-16-4-8-24-38(34)42/h1-28H,29-30H2. The van der Waals surface area contributed by atoms with Gasteiger partial charge in [0.15, 0.2) is 0 Å². The van der Waals surface area contributed by atoms with Gasteiger partial charge >= 0.3 is 0 Å². The number of benzene rings is 8. The van der Waals surface area contributed by atoms with E-state index in [1.807, 2.05) is 0 Å². The smallest absolute Gasteiger partial charge is 0.0104 e. The molecule has 0 aliphatic rings. The highest BCUT2D eigenvalue weighted by Crippen LogP contribution is 2.45. The van der Waals surface area contributed by atoms with Crippen LogP contribution in [0.3, 0.4) is 0 Å². The van der Waals surface area contributed by atoms with Crippen LogP contribution in [0.1, 0.15) is 0 Å². The third-order valence-corrected chi connectivity index (χ3v) is 14.4. The Bertz CT molecular complexity index is 1930. The number of fused-ring (bicyclic) bond motifs is 4. The van der Waals surface area contributed by atoms with Crippen LogP contribution < -0.4 is 21.2 Å². The first-order valence-corrected chi connectivity index (χ1v) is 18.4. The zero-order valence-corrected chi connectivity index (χ0v) is 26.3. The molecule has 8 aromatic carbocycles. The molecule has 0 spiro atoms. The van der Waals surface area contributed by atoms with Crippen molar-refractivity contribution in [1.29, 1.82) is 0 Å². The van der Waals surface area contributed by atoms with Gasteiger partial charge in [-0.25, -0.2) is 0 Å². The Hall–Kier alpha value is -4.34. The van der Waals surface area contributed by atoms with E-state index in [1.54, 1.807) is 0 Å². The second kappa shape index (κ2) is 12.0. The molecule has 0 heterocycles. The van der Waals surface area contributed by atoms with Crippen molar-refractivity contribution in [2.45, 2.75) is 0 Å². The minimum atomic E-state index is -0.634. The van der Waals surface area contributed by atoms with E-state index in [0.29, 0.717) is 0 Å². The molecule has 210 valence electrons. The van der Waals surface area contributed by atoms with Crippen molar-refractivity contribution in [3.63, 3.8) is 0 Å². The predicted octanol–water partition coefficient (Wildman–Crippen LogP) is 9.86. The highest BCUT2D eigenvalue weighted by Gasteiger charge is 2.24. The van der Waals surface area contributed by atoms with Crippen molar-refractivity contribution in [2.24, 2.45) is 0 Å². The maximum Gasteiger partial charge on any atom is -0.0104 e. The van der Waals surface area contributed by atoms with E-state index in [-0.39, 0.29) is 0 Å². The summed E-state index contributed by atoms with van der Waals surface area (Å²) >= 11 is 0. The molecule has 44 heavy (non-hydrogen) atoms. The van der Waals surface area contributed by atoms with Crippen LogP contribution in [-0.2, 0) is 0 Å². The van der Waals surface area contributed by atoms with Crippen molar-refractivity contribution in [2.75, 3.05) is 12.3 Å². The van der Waals surface area contributed by atoms with Crippen LogP contribution >= 0.6 is 15.8 Å². The van der Waals surface area contributed by atoms with Gasteiger partial charge < -0.3 is 0 Å². The van der Waals surface area contributed by atoms with Gasteiger partial charge in [0.05, 0.1) is 0 Å². The predicted molar refractivity (Wildman–Crippen MR) is 198 cm³/mol. The van der Waals surface area contributed by atoms with Crippen LogP contribution in [0, 0.1) is 0 Å². The van der Waals surface area contributed by atoms with Gasteiger partial charge in [-0.3, -0.25) is 0 Å². The minimum Gasteiger partial charge on any atom is -0.0616 e. The lowest BCUT2D eigenvalue weighted by atomic mass is 10.1. The van der Waals surface area contributed by atoms with E-state index < -0.39 is 15.8 Å². The number of hydrogen-bond acceptors (Lipinski definition) is 0. The summed E-state index contributed by atoms with van der Waals surface area (Å²) in [5.41, 5.74) is 0. The Morgan fingerprint density at radius 2 is 0.477 bits per heavy atom. The molecule has 2 heteroatoms. The first-order chi connectivity index (χ1) is 21.8. The average molecular weight is 599 g/mol. The Balaban J connectivity index is 1.32. The maximum absolute atomic E-state index is 2.40. The van der Waals surface area contributed by atoms with Gasteiger partial charge in [0.2, 0.25) is 0 Å². The van der Waals surface area contributed by atoms with Gasteiger partial charge in [-0.2, -0.15) is 0 Å². The van der Waals surface area contributed by atoms with Crippen LogP contribution in [-0.4, -0.2) is 12.3 Å². The third-order valence-electron chi connectivity index (χ3n) is 8.78. The van der Waals surface area contributed by atoms with E-state index in [0.717, 1.165) is 12.3 Å². The summed E-state index contributed by atoms with van der Waals surface area (Å²) < 4.78 is 0. The fourth-order valence-corrected chi connectivity index (χ4v) is 12.8. The lowest BCUT2D eigenvalue weighted by molar-refractivity contribution is 1.51. The van der Waals surface area contributed by atoms with E-state index in [4.69, 9.17) is 0 Å². The van der Waals surface area contributed by atoms with Crippen LogP contribution in [0.2, 0.25) is 0 Å². The maximum atomic E-state index is 2.40. The summed E-state index contributed by atoms with van der Waals surface area (Å²) in [4.78, 5) is 0. The quantitative estimate of drug-likeness (QED) is 0.160. The first-order valence-electron chi connectivity index (χ1n) is 15.3. The molecule has 8 aromatic rings. The summed E-state index contributed by atoms with van der Waals surface area (Å²) in [6.07, 6.45) is 2.24. The summed E-state index contributed by atoms with van der Waals surface area (Å²) in [5, 5.41) is 16.8. The molecule has 0 nitrogen and oxygen atoms in total. The van der Waals surface area contributed by atoms with Crippen molar-refractivity contribution in [1.82, 2.24) is 0 Å². The minimum absolute atomic E-state index is 0.634. The topological polar surface area (TPSA) is 0 Å². The molecule has 0 N–H and O–H groups in total. The van der Waals surface area contributed by atoms with E-state index in [1.165, 1.54) is 64.3 Å². The van der Waals surface area contributed by atoms with Crippen molar-refractivity contribution < 1.29 is 0 Å². The van der Waals surface area contributed by atoms with Gasteiger partial charge in [0, 0.05) is 0 Å². The first kappa shape index (κ1) is 27.2. The van der Waals surface area contributed by atoms with Crippen LogP contribution in [0.25, 0.3) is 43.1 Å². The molecule has 0 bridgehead atoms. The highest BCUT2D eigenvalue weighted by molar-refractivity contribution is 7.77. The van der Waals surface area contributed by atoms with Crippen LogP contribution in [0.15, 0.2) is 170 Å². The fraction of sp³-hybridized carbons (Fsp3) is 0.0476. The molecular weight excluding hydrogens is 566 g/mol. The normalized spacial score (nSPS) is 11.8. The Morgan fingerprint density at radius 3 is 0.750 bits per heavy atom. The molecule has 0 unspecified atom stereocenters. The third kappa shape index (κ3) is 5.00. The molecule has 8 rings (SSSR count). The van der Waals surface area contributed by atoms with Gasteiger partial charge in [0.1, 0.15) is 0 Å². The largest absolute Gasteiger partial charge is 0.0616 e. The molecule has 0 saturated carbocycles. The van der Waals surface area contributed by atoms with Crippen molar-refractivity contribution >= 4 is 80.2 Å². The number of hydrogen-bond donors (Lipinski definition) is 0. The second-order valence-electron chi connectivity index (χ2n) is 11.3. The Labute approximate surface area is 261 Å². The van der Waals surface area contributed by atoms with Gasteiger partial charge in [0.25, 0.3) is 0 Å². The van der Waals surface area contributed by atoms with E-state index >= 15 is 0 Å². The van der Waals surface area contributed by atoms with Gasteiger partial charge in [-0.1, -0.05) is 170 Å². The van der Waals surface area contributed by atoms with Crippen LogP contribution in [0.5, 0.6) is 0 Å². The van der Waals surface area contributed by atoms with E-state index in [2.05, 4.69) is 170 Å². The molecule has 0 aromatic heterocycles. The Morgan fingerprint density at radius 1 is 0.250 bits per heavy atom. The number of rotatable bonds is 7. The lowest BCUT2D eigenvalue weighted by Crippen LogP contribution is -2.21. The van der Waals surface area contributed by atoms with Gasteiger partial charge in [-0.05, 0) is 92.5 Å². The highest BCUT2D eigenvalue weighted by atomic mass is 31.1. The Kier molecular flexibility index (Phi) is 7.41. The monoisotopic (exact) mass is 598 g/mol. The SMILES string of the molecule is c1ccc2c(P(CCP(c3cccc4ccccc34)c3cccc4ccccc34)c3cccc4ccccc34)cccc2c1. The summed E-state index contributed by atoms with van der Waals surface area (Å²) in [6, 6.07) is 63.4. The molecule has 0 amide bonds. The average Bonchev–Trinajstić information content (AvgIpc) is 3.10. The second-order valence-corrected chi connectivity index (χ2v) is 15.8. The summed E-state index contributed by atoms with van der Waals surface area (Å²) in [7, 11) is -1.27. The lowest BCUT2D eigenvalue weighted by Gasteiger charge is -2.27.